The second kappa shape index (κ2) is 6.38. The summed E-state index contributed by atoms with van der Waals surface area (Å²) in [5.74, 6) is -1.23. The molecule has 76 valence electrons. The first-order chi connectivity index (χ1) is 6.02. The molecule has 6 nitrogen and oxygen atoms in total. The lowest BCUT2D eigenvalue weighted by Gasteiger charge is -2.26. The van der Waals surface area contributed by atoms with Gasteiger partial charge >= 0.3 is 0 Å². The molecule has 0 aromatic rings. The second-order valence-electron chi connectivity index (χ2n) is 2.58. The van der Waals surface area contributed by atoms with Crippen LogP contribution in [0.15, 0.2) is 0 Å². The summed E-state index contributed by atoms with van der Waals surface area (Å²) in [6, 6.07) is 0. The monoisotopic (exact) mass is 190 g/mol. The first kappa shape index (κ1) is 11.9. The van der Waals surface area contributed by atoms with E-state index in [1.165, 1.54) is 0 Å². The van der Waals surface area contributed by atoms with Crippen molar-refractivity contribution < 1.29 is 19.4 Å². The number of carbonyl (C=O) groups excluding carboxylic acids is 1. The molecule has 1 fully saturated rings. The van der Waals surface area contributed by atoms with Crippen LogP contribution < -0.4 is 11.1 Å². The topological polar surface area (TPSA) is 102 Å². The van der Waals surface area contributed by atoms with Gasteiger partial charge in [0.1, 0.15) is 6.61 Å². The summed E-state index contributed by atoms with van der Waals surface area (Å²) >= 11 is 0. The average Bonchev–Trinajstić information content (AvgIpc) is 1.81. The number of rotatable bonds is 3. The molecule has 6 heteroatoms. The molecule has 1 amide bonds. The Kier molecular flexibility index (Phi) is 5.82. The minimum Gasteiger partial charge on any atom is -0.481 e. The number of amides is 1. The van der Waals surface area contributed by atoms with Gasteiger partial charge in [0.15, 0.2) is 0 Å². The maximum Gasteiger partial charge on any atom is 0.300 e. The first-order valence-corrected chi connectivity index (χ1v) is 3.82. The normalized spacial score (nSPS) is 15.2. The Morgan fingerprint density at radius 2 is 2.08 bits per heavy atom. The van der Waals surface area contributed by atoms with Crippen LogP contribution in [0.3, 0.4) is 0 Å². The summed E-state index contributed by atoms with van der Waals surface area (Å²) in [5, 5.41) is 10.4. The van der Waals surface area contributed by atoms with E-state index in [0.29, 0.717) is 0 Å². The van der Waals surface area contributed by atoms with Crippen molar-refractivity contribution >= 4 is 11.9 Å². The van der Waals surface area contributed by atoms with Crippen LogP contribution in [-0.4, -0.2) is 42.8 Å². The number of hydrogen-bond donors (Lipinski definition) is 3. The first-order valence-electron chi connectivity index (χ1n) is 3.82. The molecule has 0 saturated carbocycles. The number of nitrogens with one attached hydrogen (secondary N) is 1. The predicted molar refractivity (Wildman–Crippen MR) is 45.1 cm³/mol. The van der Waals surface area contributed by atoms with Gasteiger partial charge in [-0.25, -0.2) is 0 Å². The summed E-state index contributed by atoms with van der Waals surface area (Å²) in [4.78, 5) is 19.1. The van der Waals surface area contributed by atoms with E-state index in [-0.39, 0.29) is 12.7 Å². The summed E-state index contributed by atoms with van der Waals surface area (Å²) < 4.78 is 5.00. The van der Waals surface area contributed by atoms with E-state index in [2.05, 4.69) is 5.32 Å². The van der Waals surface area contributed by atoms with Crippen LogP contribution in [0.1, 0.15) is 6.92 Å². The zero-order chi connectivity index (χ0) is 10.3. The molecule has 0 spiro atoms. The Bertz CT molecular complexity index is 175. The lowest BCUT2D eigenvalue weighted by atomic mass is 10.2. The van der Waals surface area contributed by atoms with Crippen LogP contribution in [0, 0.1) is 0 Å². The number of aliphatic carboxylic acids is 1. The SMILES string of the molecule is CC(=O)O.NC(=O)COC1CNC1. The Balaban J connectivity index is 0.000000310. The van der Waals surface area contributed by atoms with Crippen molar-refractivity contribution in [1.29, 1.82) is 0 Å². The number of nitrogens with two attached hydrogens (primary N) is 1. The molecule has 4 N–H and O–H groups in total. The van der Waals surface area contributed by atoms with Gasteiger partial charge in [-0.15, -0.1) is 0 Å². The molecule has 1 heterocycles. The standard InChI is InChI=1S/C5H10N2O2.C2H4O2/c6-5(8)3-9-4-1-7-2-4;1-2(3)4/h4,7H,1-3H2,(H2,6,8);1H3,(H,3,4). The molecule has 0 aromatic heterocycles. The van der Waals surface area contributed by atoms with Crippen molar-refractivity contribution in [2.45, 2.75) is 13.0 Å². The van der Waals surface area contributed by atoms with Crippen molar-refractivity contribution in [3.05, 3.63) is 0 Å². The number of carboxylic acids is 1. The third kappa shape index (κ3) is 8.77. The van der Waals surface area contributed by atoms with E-state index in [1.807, 2.05) is 0 Å². The Morgan fingerprint density at radius 1 is 1.62 bits per heavy atom. The molecular weight excluding hydrogens is 176 g/mol. The summed E-state index contributed by atoms with van der Waals surface area (Å²) in [7, 11) is 0. The zero-order valence-corrected chi connectivity index (χ0v) is 7.45. The minimum atomic E-state index is -0.833. The molecule has 0 bridgehead atoms. The molecular formula is C7H14N2O4. The van der Waals surface area contributed by atoms with Gasteiger partial charge in [0.2, 0.25) is 5.91 Å². The second-order valence-corrected chi connectivity index (χ2v) is 2.58. The molecule has 0 unspecified atom stereocenters. The smallest absolute Gasteiger partial charge is 0.300 e. The lowest BCUT2D eigenvalue weighted by molar-refractivity contribution is -0.134. The van der Waals surface area contributed by atoms with Gasteiger partial charge in [0, 0.05) is 20.0 Å². The quantitative estimate of drug-likeness (QED) is 0.505. The fraction of sp³-hybridized carbons (Fsp3) is 0.714. The van der Waals surface area contributed by atoms with E-state index in [4.69, 9.17) is 20.4 Å². The largest absolute Gasteiger partial charge is 0.481 e. The number of primary amides is 1. The summed E-state index contributed by atoms with van der Waals surface area (Å²) in [6.07, 6.45) is 0.206. The van der Waals surface area contributed by atoms with E-state index in [9.17, 15) is 4.79 Å². The maximum atomic E-state index is 10.1. The van der Waals surface area contributed by atoms with Gasteiger partial charge < -0.3 is 20.9 Å². The zero-order valence-electron chi connectivity index (χ0n) is 7.45. The van der Waals surface area contributed by atoms with E-state index >= 15 is 0 Å². The fourth-order valence-electron chi connectivity index (χ4n) is 0.580. The van der Waals surface area contributed by atoms with Crippen molar-refractivity contribution in [1.82, 2.24) is 5.32 Å². The van der Waals surface area contributed by atoms with Crippen LogP contribution in [-0.2, 0) is 14.3 Å². The van der Waals surface area contributed by atoms with Crippen molar-refractivity contribution in [3.8, 4) is 0 Å². The van der Waals surface area contributed by atoms with Crippen LogP contribution in [0.2, 0.25) is 0 Å². The molecule has 0 radical (unpaired) electrons. The number of carbonyl (C=O) groups is 2. The maximum absolute atomic E-state index is 10.1. The van der Waals surface area contributed by atoms with Gasteiger partial charge in [-0.2, -0.15) is 0 Å². The Morgan fingerprint density at radius 3 is 2.31 bits per heavy atom. The molecule has 1 aliphatic rings. The number of ether oxygens (including phenoxy) is 1. The highest BCUT2D eigenvalue weighted by molar-refractivity contribution is 5.75. The molecule has 13 heavy (non-hydrogen) atoms. The van der Waals surface area contributed by atoms with Crippen LogP contribution in [0.4, 0.5) is 0 Å². The van der Waals surface area contributed by atoms with E-state index < -0.39 is 11.9 Å². The molecule has 0 aromatic carbocycles. The summed E-state index contributed by atoms with van der Waals surface area (Å²) in [5.41, 5.74) is 4.84. The lowest BCUT2D eigenvalue weighted by Crippen LogP contribution is -2.49. The third-order valence-electron chi connectivity index (χ3n) is 1.21. The molecule has 1 saturated heterocycles. The van der Waals surface area contributed by atoms with Gasteiger partial charge in [-0.1, -0.05) is 0 Å². The number of hydrogen-bond acceptors (Lipinski definition) is 4. The van der Waals surface area contributed by atoms with Crippen molar-refractivity contribution in [2.24, 2.45) is 5.73 Å². The highest BCUT2D eigenvalue weighted by Gasteiger charge is 2.16. The van der Waals surface area contributed by atoms with E-state index in [0.717, 1.165) is 20.0 Å². The summed E-state index contributed by atoms with van der Waals surface area (Å²) in [6.45, 7) is 2.81. The molecule has 1 aliphatic heterocycles. The Labute approximate surface area is 76.0 Å². The van der Waals surface area contributed by atoms with Crippen molar-refractivity contribution in [2.75, 3.05) is 19.7 Å². The van der Waals surface area contributed by atoms with Gasteiger partial charge in [0.25, 0.3) is 5.97 Å². The predicted octanol–water partition coefficient (Wildman–Crippen LogP) is -1.45. The third-order valence-corrected chi connectivity index (χ3v) is 1.21. The van der Waals surface area contributed by atoms with Crippen LogP contribution in [0.5, 0.6) is 0 Å². The van der Waals surface area contributed by atoms with Crippen molar-refractivity contribution in [3.63, 3.8) is 0 Å². The Hall–Kier alpha value is -1.14. The average molecular weight is 190 g/mol. The number of carboxylic acid groups (broad SMARTS) is 1. The van der Waals surface area contributed by atoms with Gasteiger partial charge in [-0.05, 0) is 0 Å². The molecule has 0 aliphatic carbocycles. The van der Waals surface area contributed by atoms with Crippen LogP contribution >= 0.6 is 0 Å². The fourth-order valence-corrected chi connectivity index (χ4v) is 0.580. The minimum absolute atomic E-state index is 0.0480. The van der Waals surface area contributed by atoms with Gasteiger partial charge in [0.05, 0.1) is 6.10 Å². The van der Waals surface area contributed by atoms with Gasteiger partial charge in [-0.3, -0.25) is 9.59 Å². The molecule has 0 atom stereocenters. The highest BCUT2D eigenvalue weighted by atomic mass is 16.5. The van der Waals surface area contributed by atoms with Crippen LogP contribution in [0.25, 0.3) is 0 Å². The van der Waals surface area contributed by atoms with E-state index in [1.54, 1.807) is 0 Å². The molecule has 1 rings (SSSR count). The highest BCUT2D eigenvalue weighted by Crippen LogP contribution is 1.95.